The number of rotatable bonds is 4. The number of carboxylic acids is 1. The zero-order chi connectivity index (χ0) is 9.68. The van der Waals surface area contributed by atoms with E-state index in [9.17, 15) is 4.79 Å². The van der Waals surface area contributed by atoms with Crippen molar-refractivity contribution >= 4 is 17.6 Å². The van der Waals surface area contributed by atoms with E-state index in [4.69, 9.17) is 21.4 Å². The van der Waals surface area contributed by atoms with Crippen LogP contribution in [0.2, 0.25) is 0 Å². The first-order chi connectivity index (χ1) is 6.20. The molecule has 0 aromatic carbocycles. The molecule has 1 atom stereocenters. The van der Waals surface area contributed by atoms with Gasteiger partial charge in [-0.1, -0.05) is 0 Å². The van der Waals surface area contributed by atoms with Crippen LogP contribution in [0.15, 0.2) is 0 Å². The molecule has 76 valence electrons. The lowest BCUT2D eigenvalue weighted by Crippen LogP contribution is -2.24. The Bertz CT molecular complexity index is 166. The average molecular weight is 207 g/mol. The van der Waals surface area contributed by atoms with Crippen LogP contribution < -0.4 is 0 Å². The normalized spacial score (nSPS) is 21.3. The third kappa shape index (κ3) is 3.96. The highest BCUT2D eigenvalue weighted by atomic mass is 35.5. The molecule has 3 nitrogen and oxygen atoms in total. The lowest BCUT2D eigenvalue weighted by Gasteiger charge is -2.25. The fraction of sp³-hybridized carbons (Fsp3) is 0.889. The molecule has 1 aliphatic heterocycles. The lowest BCUT2D eigenvalue weighted by atomic mass is 9.93. The molecule has 0 spiro atoms. The van der Waals surface area contributed by atoms with Crippen molar-refractivity contribution in [1.82, 2.24) is 0 Å². The molecule has 1 fully saturated rings. The molecule has 0 aromatic rings. The van der Waals surface area contributed by atoms with Gasteiger partial charge >= 0.3 is 5.97 Å². The second-order valence-electron chi connectivity index (χ2n) is 3.40. The minimum absolute atomic E-state index is 0.000000000000000444. The number of hydrogen-bond acceptors (Lipinski definition) is 2. The minimum atomic E-state index is -0.766. The summed E-state index contributed by atoms with van der Waals surface area (Å²) >= 11 is 6.08. The Kier molecular flexibility index (Phi) is 4.53. The summed E-state index contributed by atoms with van der Waals surface area (Å²) in [6, 6.07) is 0. The Labute approximate surface area is 83.0 Å². The van der Waals surface area contributed by atoms with E-state index >= 15 is 0 Å². The van der Waals surface area contributed by atoms with Gasteiger partial charge in [0.15, 0.2) is 0 Å². The van der Waals surface area contributed by atoms with Gasteiger partial charge in [0.05, 0.1) is 0 Å². The van der Waals surface area contributed by atoms with Crippen molar-refractivity contribution in [1.29, 1.82) is 0 Å². The van der Waals surface area contributed by atoms with Crippen LogP contribution in [0, 0.1) is 5.92 Å². The van der Waals surface area contributed by atoms with Crippen LogP contribution >= 0.6 is 11.6 Å². The maximum atomic E-state index is 10.3. The predicted octanol–water partition coefficient (Wildman–Crippen LogP) is 1.89. The van der Waals surface area contributed by atoms with E-state index in [1.54, 1.807) is 0 Å². The van der Waals surface area contributed by atoms with Crippen LogP contribution in [0.5, 0.6) is 0 Å². The quantitative estimate of drug-likeness (QED) is 0.715. The first-order valence-corrected chi connectivity index (χ1v) is 5.07. The van der Waals surface area contributed by atoms with Gasteiger partial charge in [-0.15, -0.1) is 11.6 Å². The van der Waals surface area contributed by atoms with Crippen molar-refractivity contribution in [3.63, 3.8) is 0 Å². The van der Waals surface area contributed by atoms with Gasteiger partial charge in [0.2, 0.25) is 0 Å². The molecule has 1 unspecified atom stereocenters. The highest BCUT2D eigenvalue weighted by Crippen LogP contribution is 2.25. The SMILES string of the molecule is O=C(O)CCC(Cl)C1CCOCC1. The molecule has 1 N–H and O–H groups in total. The van der Waals surface area contributed by atoms with Gasteiger partial charge in [-0.05, 0) is 25.2 Å². The van der Waals surface area contributed by atoms with E-state index in [1.807, 2.05) is 0 Å². The van der Waals surface area contributed by atoms with Crippen molar-refractivity contribution in [3.05, 3.63) is 0 Å². The van der Waals surface area contributed by atoms with E-state index in [1.165, 1.54) is 0 Å². The fourth-order valence-corrected chi connectivity index (χ4v) is 1.94. The Balaban J connectivity index is 2.20. The topological polar surface area (TPSA) is 46.5 Å². The van der Waals surface area contributed by atoms with Gasteiger partial charge in [0.1, 0.15) is 0 Å². The van der Waals surface area contributed by atoms with Crippen molar-refractivity contribution in [3.8, 4) is 0 Å². The van der Waals surface area contributed by atoms with Crippen molar-refractivity contribution in [2.75, 3.05) is 13.2 Å². The largest absolute Gasteiger partial charge is 0.481 e. The summed E-state index contributed by atoms with van der Waals surface area (Å²) in [4.78, 5) is 10.3. The molecule has 13 heavy (non-hydrogen) atoms. The van der Waals surface area contributed by atoms with E-state index < -0.39 is 5.97 Å². The van der Waals surface area contributed by atoms with Gasteiger partial charge in [-0.3, -0.25) is 4.79 Å². The summed E-state index contributed by atoms with van der Waals surface area (Å²) < 4.78 is 5.20. The van der Waals surface area contributed by atoms with Crippen LogP contribution in [0.3, 0.4) is 0 Å². The Morgan fingerprint density at radius 3 is 2.69 bits per heavy atom. The van der Waals surface area contributed by atoms with Gasteiger partial charge in [0.25, 0.3) is 0 Å². The second kappa shape index (κ2) is 5.45. The number of halogens is 1. The lowest BCUT2D eigenvalue weighted by molar-refractivity contribution is -0.137. The summed E-state index contributed by atoms with van der Waals surface area (Å²) in [5.41, 5.74) is 0. The van der Waals surface area contributed by atoms with Crippen LogP contribution in [0.4, 0.5) is 0 Å². The molecule has 1 saturated heterocycles. The molecule has 0 amide bonds. The molecule has 0 aromatic heterocycles. The second-order valence-corrected chi connectivity index (χ2v) is 3.96. The first kappa shape index (κ1) is 10.8. The monoisotopic (exact) mass is 206 g/mol. The summed E-state index contributed by atoms with van der Waals surface area (Å²) in [7, 11) is 0. The van der Waals surface area contributed by atoms with E-state index in [0.29, 0.717) is 12.3 Å². The van der Waals surface area contributed by atoms with Gasteiger partial charge in [-0.25, -0.2) is 0 Å². The average Bonchev–Trinajstić information content (AvgIpc) is 2.15. The standard InChI is InChI=1S/C9H15ClO3/c10-8(1-2-9(11)12)7-3-5-13-6-4-7/h7-8H,1-6H2,(H,11,12). The Morgan fingerprint density at radius 2 is 2.15 bits per heavy atom. The van der Waals surface area contributed by atoms with Crippen LogP contribution in [0.25, 0.3) is 0 Å². The molecule has 0 radical (unpaired) electrons. The molecule has 0 bridgehead atoms. The molecular formula is C9H15ClO3. The smallest absolute Gasteiger partial charge is 0.303 e. The van der Waals surface area contributed by atoms with Gasteiger partial charge < -0.3 is 9.84 Å². The summed E-state index contributed by atoms with van der Waals surface area (Å²) in [5, 5.41) is 8.48. The molecule has 0 aliphatic carbocycles. The molecular weight excluding hydrogens is 192 g/mol. The highest BCUT2D eigenvalue weighted by Gasteiger charge is 2.22. The molecule has 1 aliphatic rings. The van der Waals surface area contributed by atoms with E-state index in [-0.39, 0.29) is 11.8 Å². The summed E-state index contributed by atoms with van der Waals surface area (Å²) in [6.45, 7) is 1.53. The third-order valence-corrected chi connectivity index (χ3v) is 2.99. The van der Waals surface area contributed by atoms with Crippen molar-refractivity contribution in [2.24, 2.45) is 5.92 Å². The summed E-state index contributed by atoms with van der Waals surface area (Å²) in [5.74, 6) is -0.326. The number of carboxylic acid groups (broad SMARTS) is 1. The van der Waals surface area contributed by atoms with Gasteiger partial charge in [-0.2, -0.15) is 0 Å². The fourth-order valence-electron chi connectivity index (χ4n) is 1.57. The minimum Gasteiger partial charge on any atom is -0.481 e. The predicted molar refractivity (Wildman–Crippen MR) is 50.1 cm³/mol. The maximum absolute atomic E-state index is 10.3. The van der Waals surface area contributed by atoms with E-state index in [0.717, 1.165) is 26.1 Å². The number of ether oxygens (including phenoxy) is 1. The van der Waals surface area contributed by atoms with Crippen molar-refractivity contribution < 1.29 is 14.6 Å². The number of carbonyl (C=O) groups is 1. The van der Waals surface area contributed by atoms with Crippen LogP contribution in [0.1, 0.15) is 25.7 Å². The van der Waals surface area contributed by atoms with Crippen LogP contribution in [-0.4, -0.2) is 29.7 Å². The molecule has 1 heterocycles. The first-order valence-electron chi connectivity index (χ1n) is 4.63. The number of hydrogen-bond donors (Lipinski definition) is 1. The van der Waals surface area contributed by atoms with Gasteiger partial charge in [0, 0.05) is 25.0 Å². The zero-order valence-electron chi connectivity index (χ0n) is 7.54. The molecule has 4 heteroatoms. The van der Waals surface area contributed by atoms with E-state index in [2.05, 4.69) is 0 Å². The zero-order valence-corrected chi connectivity index (χ0v) is 8.29. The number of aliphatic carboxylic acids is 1. The molecule has 0 saturated carbocycles. The maximum Gasteiger partial charge on any atom is 0.303 e. The molecule has 1 rings (SSSR count). The Morgan fingerprint density at radius 1 is 1.54 bits per heavy atom. The van der Waals surface area contributed by atoms with Crippen LogP contribution in [-0.2, 0) is 9.53 Å². The third-order valence-electron chi connectivity index (χ3n) is 2.41. The highest BCUT2D eigenvalue weighted by molar-refractivity contribution is 6.20. The van der Waals surface area contributed by atoms with Crippen molar-refractivity contribution in [2.45, 2.75) is 31.1 Å². The number of alkyl halides is 1. The summed E-state index contributed by atoms with van der Waals surface area (Å²) in [6.07, 6.45) is 2.68. The Hall–Kier alpha value is -0.280.